The highest BCUT2D eigenvalue weighted by Gasteiger charge is 2.11. The smallest absolute Gasteiger partial charge is 0.118 e. The van der Waals surface area contributed by atoms with Crippen LogP contribution in [0.5, 0.6) is 5.75 Å². The predicted molar refractivity (Wildman–Crippen MR) is 81.1 cm³/mol. The maximum absolute atomic E-state index is 5.20. The molecule has 3 heteroatoms. The van der Waals surface area contributed by atoms with Crippen LogP contribution in [0.3, 0.4) is 0 Å². The van der Waals surface area contributed by atoms with Crippen molar-refractivity contribution in [3.63, 3.8) is 0 Å². The largest absolute Gasteiger partial charge is 0.497 e. The van der Waals surface area contributed by atoms with Crippen LogP contribution in [0.25, 0.3) is 0 Å². The zero-order valence-electron chi connectivity index (χ0n) is 12.3. The molecule has 0 aliphatic rings. The average Bonchev–Trinajstić information content (AvgIpc) is 3.02. The molecular formula is C17H23NO2. The molecule has 0 aliphatic heterocycles. The fourth-order valence-corrected chi connectivity index (χ4v) is 2.28. The molecule has 3 nitrogen and oxygen atoms in total. The van der Waals surface area contributed by atoms with E-state index >= 15 is 0 Å². The van der Waals surface area contributed by atoms with Crippen LogP contribution in [0.2, 0.25) is 0 Å². The number of hydrogen-bond acceptors (Lipinski definition) is 3. The van der Waals surface area contributed by atoms with E-state index in [0.717, 1.165) is 31.6 Å². The highest BCUT2D eigenvalue weighted by Crippen LogP contribution is 2.21. The Hall–Kier alpha value is -1.74. The second kappa shape index (κ2) is 7.75. The first-order chi connectivity index (χ1) is 9.83. The average molecular weight is 273 g/mol. The predicted octanol–water partition coefficient (Wildman–Crippen LogP) is 3.96. The summed E-state index contributed by atoms with van der Waals surface area (Å²) in [4.78, 5) is 0. The van der Waals surface area contributed by atoms with Gasteiger partial charge in [0.25, 0.3) is 0 Å². The number of rotatable bonds is 8. The molecule has 1 aromatic heterocycles. The van der Waals surface area contributed by atoms with Crippen LogP contribution in [0.4, 0.5) is 0 Å². The molecule has 2 rings (SSSR count). The molecule has 0 saturated carbocycles. The van der Waals surface area contributed by atoms with E-state index < -0.39 is 0 Å². The van der Waals surface area contributed by atoms with Gasteiger partial charge in [-0.05, 0) is 49.6 Å². The summed E-state index contributed by atoms with van der Waals surface area (Å²) in [5.74, 6) is 0.907. The van der Waals surface area contributed by atoms with E-state index in [0.29, 0.717) is 6.04 Å². The Kier molecular flexibility index (Phi) is 5.69. The monoisotopic (exact) mass is 273 g/mol. The van der Waals surface area contributed by atoms with Crippen molar-refractivity contribution in [3.8, 4) is 5.75 Å². The molecule has 0 bridgehead atoms. The number of aryl methyl sites for hydroxylation is 1. The van der Waals surface area contributed by atoms with E-state index in [1.807, 2.05) is 24.5 Å². The Balaban J connectivity index is 1.93. The minimum absolute atomic E-state index is 0.357. The summed E-state index contributed by atoms with van der Waals surface area (Å²) in [6, 6.07) is 10.7. The van der Waals surface area contributed by atoms with Crippen LogP contribution in [0, 0.1) is 0 Å². The third-order valence-electron chi connectivity index (χ3n) is 3.47. The van der Waals surface area contributed by atoms with Gasteiger partial charge in [-0.3, -0.25) is 0 Å². The van der Waals surface area contributed by atoms with Gasteiger partial charge in [-0.1, -0.05) is 19.1 Å². The lowest BCUT2D eigenvalue weighted by Gasteiger charge is -2.17. The van der Waals surface area contributed by atoms with E-state index in [-0.39, 0.29) is 0 Å². The van der Waals surface area contributed by atoms with Gasteiger partial charge in [-0.2, -0.15) is 0 Å². The van der Waals surface area contributed by atoms with Crippen molar-refractivity contribution in [1.29, 1.82) is 0 Å². The van der Waals surface area contributed by atoms with Gasteiger partial charge in [0, 0.05) is 11.6 Å². The van der Waals surface area contributed by atoms with Crippen molar-refractivity contribution >= 4 is 0 Å². The lowest BCUT2D eigenvalue weighted by Crippen LogP contribution is -2.22. The molecule has 1 N–H and O–H groups in total. The number of nitrogens with one attached hydrogen (secondary N) is 1. The number of methoxy groups -OCH3 is 1. The molecule has 0 saturated heterocycles. The quantitative estimate of drug-likeness (QED) is 0.790. The van der Waals surface area contributed by atoms with Crippen LogP contribution in [-0.4, -0.2) is 13.7 Å². The van der Waals surface area contributed by atoms with Crippen LogP contribution >= 0.6 is 0 Å². The first-order valence-corrected chi connectivity index (χ1v) is 7.22. The van der Waals surface area contributed by atoms with E-state index in [4.69, 9.17) is 9.15 Å². The molecule has 1 heterocycles. The molecule has 1 aromatic carbocycles. The lowest BCUT2D eigenvalue weighted by atomic mass is 10.0. The molecule has 20 heavy (non-hydrogen) atoms. The summed E-state index contributed by atoms with van der Waals surface area (Å²) >= 11 is 0. The molecule has 0 spiro atoms. The van der Waals surface area contributed by atoms with Crippen LogP contribution in [0.15, 0.2) is 47.3 Å². The molecule has 0 fully saturated rings. The maximum Gasteiger partial charge on any atom is 0.118 e. The zero-order valence-corrected chi connectivity index (χ0v) is 12.3. The van der Waals surface area contributed by atoms with Crippen molar-refractivity contribution in [1.82, 2.24) is 5.32 Å². The summed E-state index contributed by atoms with van der Waals surface area (Å²) in [5, 5.41) is 3.58. The summed E-state index contributed by atoms with van der Waals surface area (Å²) in [7, 11) is 1.69. The van der Waals surface area contributed by atoms with Gasteiger partial charge in [-0.15, -0.1) is 0 Å². The first kappa shape index (κ1) is 14.7. The Morgan fingerprint density at radius 3 is 2.60 bits per heavy atom. The highest BCUT2D eigenvalue weighted by molar-refractivity contribution is 5.27. The molecule has 0 radical (unpaired) electrons. The topological polar surface area (TPSA) is 34.4 Å². The van der Waals surface area contributed by atoms with Gasteiger partial charge in [-0.25, -0.2) is 0 Å². The second-order valence-electron chi connectivity index (χ2n) is 4.95. The van der Waals surface area contributed by atoms with Crippen molar-refractivity contribution in [2.24, 2.45) is 0 Å². The van der Waals surface area contributed by atoms with Gasteiger partial charge in [0.05, 0.1) is 19.6 Å². The molecule has 0 aliphatic carbocycles. The van der Waals surface area contributed by atoms with Gasteiger partial charge in [0.1, 0.15) is 5.75 Å². The number of hydrogen-bond donors (Lipinski definition) is 1. The lowest BCUT2D eigenvalue weighted by molar-refractivity contribution is 0.414. The molecular weight excluding hydrogens is 250 g/mol. The molecule has 2 aromatic rings. The van der Waals surface area contributed by atoms with E-state index in [1.165, 1.54) is 11.1 Å². The number of ether oxygens (including phenoxy) is 1. The van der Waals surface area contributed by atoms with E-state index in [2.05, 4.69) is 24.4 Å². The van der Waals surface area contributed by atoms with Crippen molar-refractivity contribution in [3.05, 3.63) is 54.0 Å². The number of furan rings is 1. The fraction of sp³-hybridized carbons (Fsp3) is 0.412. The van der Waals surface area contributed by atoms with Gasteiger partial charge in [0.15, 0.2) is 0 Å². The minimum Gasteiger partial charge on any atom is -0.497 e. The second-order valence-corrected chi connectivity index (χ2v) is 4.95. The molecule has 108 valence electrons. The van der Waals surface area contributed by atoms with Crippen LogP contribution in [-0.2, 0) is 6.42 Å². The van der Waals surface area contributed by atoms with E-state index in [1.54, 1.807) is 13.4 Å². The van der Waals surface area contributed by atoms with Crippen molar-refractivity contribution < 1.29 is 9.15 Å². The Bertz CT molecular complexity index is 476. The third kappa shape index (κ3) is 4.14. The molecule has 0 amide bonds. The van der Waals surface area contributed by atoms with Gasteiger partial charge in [0.2, 0.25) is 0 Å². The van der Waals surface area contributed by atoms with Gasteiger partial charge < -0.3 is 14.5 Å². The maximum atomic E-state index is 5.20. The minimum atomic E-state index is 0.357. The van der Waals surface area contributed by atoms with Crippen LogP contribution in [0.1, 0.15) is 36.9 Å². The number of benzene rings is 1. The molecule has 1 unspecified atom stereocenters. The van der Waals surface area contributed by atoms with Crippen molar-refractivity contribution in [2.75, 3.05) is 13.7 Å². The first-order valence-electron chi connectivity index (χ1n) is 7.22. The zero-order chi connectivity index (χ0) is 14.2. The highest BCUT2D eigenvalue weighted by atomic mass is 16.5. The Labute approximate surface area is 121 Å². The van der Waals surface area contributed by atoms with E-state index in [9.17, 15) is 0 Å². The normalized spacial score (nSPS) is 12.3. The third-order valence-corrected chi connectivity index (χ3v) is 3.47. The summed E-state index contributed by atoms with van der Waals surface area (Å²) in [5.41, 5.74) is 2.56. The standard InChI is InChI=1S/C17H23NO2/c1-3-11-18-17(15-10-12-20-13-15)9-6-14-4-7-16(19-2)8-5-14/h4-5,7-8,10,12-13,17-18H,3,6,9,11H2,1-2H3. The van der Waals surface area contributed by atoms with Crippen LogP contribution < -0.4 is 10.1 Å². The Morgan fingerprint density at radius 2 is 2.00 bits per heavy atom. The fourth-order valence-electron chi connectivity index (χ4n) is 2.28. The van der Waals surface area contributed by atoms with Crippen molar-refractivity contribution in [2.45, 2.75) is 32.2 Å². The molecule has 1 atom stereocenters. The Morgan fingerprint density at radius 1 is 1.20 bits per heavy atom. The SMILES string of the molecule is CCCNC(CCc1ccc(OC)cc1)c1ccoc1. The summed E-state index contributed by atoms with van der Waals surface area (Å²) < 4.78 is 10.4. The van der Waals surface area contributed by atoms with Gasteiger partial charge >= 0.3 is 0 Å². The summed E-state index contributed by atoms with van der Waals surface area (Å²) in [6.07, 6.45) is 6.81. The summed E-state index contributed by atoms with van der Waals surface area (Å²) in [6.45, 7) is 3.21.